The minimum Gasteiger partial charge on any atom is -0.365 e. The number of anilines is 1. The van der Waals surface area contributed by atoms with E-state index in [9.17, 15) is 9.18 Å². The van der Waals surface area contributed by atoms with Gasteiger partial charge in [0.05, 0.1) is 18.2 Å². The molecule has 9 heteroatoms. The smallest absolute Gasteiger partial charge is 0.255 e. The number of thiophene rings is 1. The summed E-state index contributed by atoms with van der Waals surface area (Å²) in [5.41, 5.74) is 3.13. The van der Waals surface area contributed by atoms with E-state index in [2.05, 4.69) is 37.8 Å². The maximum Gasteiger partial charge on any atom is 0.255 e. The van der Waals surface area contributed by atoms with Crippen LogP contribution in [0.5, 0.6) is 0 Å². The van der Waals surface area contributed by atoms with Crippen molar-refractivity contribution in [2.45, 2.75) is 19.5 Å². The molecule has 170 valence electrons. The van der Waals surface area contributed by atoms with Gasteiger partial charge in [-0.15, -0.1) is 11.3 Å². The summed E-state index contributed by atoms with van der Waals surface area (Å²) in [4.78, 5) is 23.7. The normalized spacial score (nSPS) is 11.9. The first-order chi connectivity index (χ1) is 16.6. The van der Waals surface area contributed by atoms with Crippen LogP contribution in [0.3, 0.4) is 0 Å². The summed E-state index contributed by atoms with van der Waals surface area (Å²) in [6.45, 7) is 2.39. The van der Waals surface area contributed by atoms with Crippen molar-refractivity contribution in [3.63, 3.8) is 0 Å². The third kappa shape index (κ3) is 4.65. The second kappa shape index (κ2) is 9.40. The van der Waals surface area contributed by atoms with Crippen molar-refractivity contribution in [3.05, 3.63) is 101 Å². The van der Waals surface area contributed by atoms with E-state index >= 15 is 0 Å². The molecule has 2 N–H and O–H groups in total. The molecule has 1 aromatic carbocycles. The average Bonchev–Trinajstić information content (AvgIpc) is 3.52. The Morgan fingerprint density at radius 3 is 2.79 bits per heavy atom. The second-order valence-corrected chi connectivity index (χ2v) is 8.91. The Kier molecular flexibility index (Phi) is 6.01. The van der Waals surface area contributed by atoms with Crippen molar-refractivity contribution >= 4 is 28.7 Å². The summed E-state index contributed by atoms with van der Waals surface area (Å²) in [7, 11) is 0. The van der Waals surface area contributed by atoms with E-state index < -0.39 is 0 Å². The molecule has 0 bridgehead atoms. The zero-order valence-electron chi connectivity index (χ0n) is 18.3. The Bertz CT molecular complexity index is 1450. The number of hydrogen-bond acceptors (Lipinski definition) is 6. The lowest BCUT2D eigenvalue weighted by molar-refractivity contribution is 0.0940. The third-order valence-corrected chi connectivity index (χ3v) is 6.55. The lowest BCUT2D eigenvalue weighted by Crippen LogP contribution is -2.27. The predicted molar refractivity (Wildman–Crippen MR) is 130 cm³/mol. The van der Waals surface area contributed by atoms with E-state index in [4.69, 9.17) is 0 Å². The standard InChI is InChI=1S/C25H21FN6OS/c1-16(17-4-7-19(26)8-5-17)31-25(33)21-3-2-12-27-24(21)28-13-20-9-10-22(34-20)18-6-11-23-29-15-30-32(23)14-18/h2-12,14-16H,13H2,1H3,(H,27,28)(H,31,33). The highest BCUT2D eigenvalue weighted by molar-refractivity contribution is 7.15. The van der Waals surface area contributed by atoms with Crippen molar-refractivity contribution in [2.24, 2.45) is 0 Å². The van der Waals surface area contributed by atoms with Crippen LogP contribution >= 0.6 is 11.3 Å². The van der Waals surface area contributed by atoms with Crippen molar-refractivity contribution < 1.29 is 9.18 Å². The van der Waals surface area contributed by atoms with E-state index in [1.807, 2.05) is 25.3 Å². The molecule has 5 aromatic rings. The number of benzene rings is 1. The molecule has 0 spiro atoms. The number of aromatic nitrogens is 4. The van der Waals surface area contributed by atoms with Crippen LogP contribution in [0.4, 0.5) is 10.2 Å². The van der Waals surface area contributed by atoms with Crippen molar-refractivity contribution in [1.82, 2.24) is 24.9 Å². The minimum atomic E-state index is -0.309. The first-order valence-corrected chi connectivity index (χ1v) is 11.5. The molecule has 0 aliphatic rings. The summed E-state index contributed by atoms with van der Waals surface area (Å²) < 4.78 is 14.9. The molecule has 0 radical (unpaired) electrons. The van der Waals surface area contributed by atoms with Gasteiger partial charge >= 0.3 is 0 Å². The number of pyridine rings is 2. The molecule has 1 unspecified atom stereocenters. The zero-order valence-corrected chi connectivity index (χ0v) is 19.1. The number of nitrogens with zero attached hydrogens (tertiary/aromatic N) is 4. The maximum atomic E-state index is 13.2. The molecule has 0 fully saturated rings. The molecule has 1 atom stereocenters. The predicted octanol–water partition coefficient (Wildman–Crippen LogP) is 5.10. The lowest BCUT2D eigenvalue weighted by Gasteiger charge is -2.16. The van der Waals surface area contributed by atoms with Gasteiger partial charge in [-0.3, -0.25) is 4.79 Å². The molecule has 0 saturated heterocycles. The minimum absolute atomic E-state index is 0.250. The average molecular weight is 473 g/mol. The molecule has 7 nitrogen and oxygen atoms in total. The number of halogens is 1. The summed E-state index contributed by atoms with van der Waals surface area (Å²) in [6, 6.07) is 17.4. The van der Waals surface area contributed by atoms with Gasteiger partial charge in [-0.25, -0.2) is 18.9 Å². The highest BCUT2D eigenvalue weighted by atomic mass is 32.1. The van der Waals surface area contributed by atoms with Crippen LogP contribution in [0, 0.1) is 5.82 Å². The molecule has 0 aliphatic carbocycles. The van der Waals surface area contributed by atoms with Gasteiger partial charge in [0.1, 0.15) is 18.0 Å². The van der Waals surface area contributed by atoms with Gasteiger partial charge < -0.3 is 10.6 Å². The van der Waals surface area contributed by atoms with Crippen LogP contribution in [0.2, 0.25) is 0 Å². The van der Waals surface area contributed by atoms with Crippen LogP contribution < -0.4 is 10.6 Å². The lowest BCUT2D eigenvalue weighted by atomic mass is 10.1. The zero-order chi connectivity index (χ0) is 23.5. The molecular formula is C25H21FN6OS. The number of nitrogens with one attached hydrogen (secondary N) is 2. The fraction of sp³-hybridized carbons (Fsp3) is 0.120. The topological polar surface area (TPSA) is 84.2 Å². The first-order valence-electron chi connectivity index (χ1n) is 10.7. The SMILES string of the molecule is CC(NC(=O)c1cccnc1NCc1ccc(-c2ccc3ncnn3c2)s1)c1ccc(F)cc1. The monoisotopic (exact) mass is 472 g/mol. The van der Waals surface area contributed by atoms with Gasteiger partial charge in [0.15, 0.2) is 5.65 Å². The molecule has 5 rings (SSSR count). The van der Waals surface area contributed by atoms with E-state index in [0.29, 0.717) is 17.9 Å². The molecule has 0 aliphatic heterocycles. The number of amides is 1. The number of hydrogen-bond donors (Lipinski definition) is 2. The van der Waals surface area contributed by atoms with Crippen LogP contribution in [-0.4, -0.2) is 25.5 Å². The van der Waals surface area contributed by atoms with E-state index in [1.165, 1.54) is 18.5 Å². The van der Waals surface area contributed by atoms with Crippen molar-refractivity contribution in [3.8, 4) is 10.4 Å². The maximum absolute atomic E-state index is 13.2. The van der Waals surface area contributed by atoms with E-state index in [0.717, 1.165) is 26.5 Å². The Morgan fingerprint density at radius 2 is 1.94 bits per heavy atom. The number of rotatable bonds is 7. The van der Waals surface area contributed by atoms with Crippen LogP contribution in [0.15, 0.2) is 79.4 Å². The first kappa shape index (κ1) is 21.7. The number of fused-ring (bicyclic) bond motifs is 1. The summed E-state index contributed by atoms with van der Waals surface area (Å²) in [6.07, 6.45) is 5.13. The van der Waals surface area contributed by atoms with Gasteiger partial charge in [-0.05, 0) is 61.0 Å². The van der Waals surface area contributed by atoms with Gasteiger partial charge in [0, 0.05) is 27.7 Å². The number of carbonyl (C=O) groups excluding carboxylic acids is 1. The fourth-order valence-electron chi connectivity index (χ4n) is 3.60. The Labute approximate surface area is 199 Å². The van der Waals surface area contributed by atoms with Crippen LogP contribution in [0.25, 0.3) is 16.1 Å². The molecule has 34 heavy (non-hydrogen) atoms. The summed E-state index contributed by atoms with van der Waals surface area (Å²) in [5, 5.41) is 10.4. The van der Waals surface area contributed by atoms with E-state index in [-0.39, 0.29) is 17.8 Å². The summed E-state index contributed by atoms with van der Waals surface area (Å²) in [5.74, 6) is -0.0533. The second-order valence-electron chi connectivity index (χ2n) is 7.75. The molecule has 4 aromatic heterocycles. The Balaban J connectivity index is 1.27. The fourth-order valence-corrected chi connectivity index (χ4v) is 4.54. The van der Waals surface area contributed by atoms with Crippen LogP contribution in [0.1, 0.15) is 33.8 Å². The van der Waals surface area contributed by atoms with Gasteiger partial charge in [0.2, 0.25) is 0 Å². The summed E-state index contributed by atoms with van der Waals surface area (Å²) >= 11 is 1.66. The van der Waals surface area contributed by atoms with Gasteiger partial charge in [-0.2, -0.15) is 5.10 Å². The van der Waals surface area contributed by atoms with Crippen molar-refractivity contribution in [2.75, 3.05) is 5.32 Å². The third-order valence-electron chi connectivity index (χ3n) is 5.42. The molecule has 4 heterocycles. The molecular weight excluding hydrogens is 451 g/mol. The highest BCUT2D eigenvalue weighted by Crippen LogP contribution is 2.29. The van der Waals surface area contributed by atoms with Crippen molar-refractivity contribution in [1.29, 1.82) is 0 Å². The van der Waals surface area contributed by atoms with Crippen LogP contribution in [-0.2, 0) is 6.54 Å². The number of carbonyl (C=O) groups is 1. The molecule has 0 saturated carbocycles. The Morgan fingerprint density at radius 1 is 1.09 bits per heavy atom. The highest BCUT2D eigenvalue weighted by Gasteiger charge is 2.16. The van der Waals surface area contributed by atoms with E-state index in [1.54, 1.807) is 46.3 Å². The largest absolute Gasteiger partial charge is 0.365 e. The quantitative estimate of drug-likeness (QED) is 0.345. The van der Waals surface area contributed by atoms with Gasteiger partial charge in [-0.1, -0.05) is 12.1 Å². The Hall–Kier alpha value is -4.11. The van der Waals surface area contributed by atoms with Gasteiger partial charge in [0.25, 0.3) is 5.91 Å². The molecule has 1 amide bonds.